The zero-order valence-electron chi connectivity index (χ0n) is 22.9. The summed E-state index contributed by atoms with van der Waals surface area (Å²) < 4.78 is 35.2. The van der Waals surface area contributed by atoms with E-state index in [0.29, 0.717) is 6.61 Å². The molecule has 0 unspecified atom stereocenters. The van der Waals surface area contributed by atoms with Gasteiger partial charge in [-0.1, -0.05) is 84.4 Å². The first-order valence-electron chi connectivity index (χ1n) is 13.3. The fraction of sp³-hybridized carbons (Fsp3) is 0.143. The molecule has 5 aromatic carbocycles. The lowest BCUT2D eigenvalue weighted by Crippen LogP contribution is -1.96. The van der Waals surface area contributed by atoms with Crippen LogP contribution in [0.15, 0.2) is 114 Å². The van der Waals surface area contributed by atoms with Crippen LogP contribution >= 0.6 is 0 Å². The molecule has 0 fully saturated rings. The second-order valence-corrected chi connectivity index (χ2v) is 11.3. The Hall–Kier alpha value is -4.19. The molecule has 0 spiro atoms. The van der Waals surface area contributed by atoms with E-state index in [4.69, 9.17) is 9.29 Å². The largest absolute Gasteiger partial charge is 0.494 e. The Morgan fingerprint density at radius 1 is 0.725 bits per heavy atom. The summed E-state index contributed by atoms with van der Waals surface area (Å²) in [5.41, 5.74) is 13.1. The van der Waals surface area contributed by atoms with Crippen LogP contribution in [0.2, 0.25) is 0 Å². The van der Waals surface area contributed by atoms with Gasteiger partial charge in [-0.3, -0.25) is 4.55 Å². The van der Waals surface area contributed by atoms with Crippen molar-refractivity contribution in [3.8, 4) is 39.1 Å². The van der Waals surface area contributed by atoms with E-state index < -0.39 is 10.1 Å². The maximum atomic E-state index is 10.5. The van der Waals surface area contributed by atoms with Crippen LogP contribution in [0, 0.1) is 13.8 Å². The smallest absolute Gasteiger partial charge is 0.294 e. The number of ether oxygens (including phenoxy) is 1. The quantitative estimate of drug-likeness (QED) is 0.219. The Kier molecular flexibility index (Phi) is 7.88. The van der Waals surface area contributed by atoms with Gasteiger partial charge in [-0.2, -0.15) is 8.42 Å². The Balaban J connectivity index is 0.000000248. The van der Waals surface area contributed by atoms with Crippen molar-refractivity contribution in [2.24, 2.45) is 0 Å². The molecule has 0 aliphatic heterocycles. The van der Waals surface area contributed by atoms with Crippen LogP contribution in [0.5, 0.6) is 5.75 Å². The summed E-state index contributed by atoms with van der Waals surface area (Å²) in [6.45, 7) is 6.82. The van der Waals surface area contributed by atoms with E-state index in [1.807, 2.05) is 13.8 Å². The molecule has 202 valence electrons. The molecule has 40 heavy (non-hydrogen) atoms. The summed E-state index contributed by atoms with van der Waals surface area (Å²) in [5.74, 6) is 0.917. The molecular formula is C35H32O4S. The molecule has 0 saturated heterocycles. The van der Waals surface area contributed by atoms with Crippen LogP contribution in [-0.4, -0.2) is 19.6 Å². The Labute approximate surface area is 236 Å². The first-order chi connectivity index (χ1) is 19.3. The molecular weight excluding hydrogens is 516 g/mol. The zero-order chi connectivity index (χ0) is 28.3. The third kappa shape index (κ3) is 5.71. The fourth-order valence-electron chi connectivity index (χ4n) is 5.27. The highest BCUT2D eigenvalue weighted by atomic mass is 32.2. The summed E-state index contributed by atoms with van der Waals surface area (Å²) in [6, 6.07) is 36.5. The minimum Gasteiger partial charge on any atom is -0.494 e. The van der Waals surface area contributed by atoms with Crippen molar-refractivity contribution in [3.63, 3.8) is 0 Å². The molecule has 1 aliphatic rings. The summed E-state index contributed by atoms with van der Waals surface area (Å²) in [5, 5.41) is 0. The highest BCUT2D eigenvalue weighted by Gasteiger charge is 2.24. The molecule has 0 saturated carbocycles. The standard InChI is InChI=1S/C28H24O.C7H8O3S/c1-3-29-23-15-13-20(14-16-23)26-18-27-24-12-8-7-11-22(24)17-25(27)19(2)28(26)21-9-5-4-6-10-21;1-6-2-4-7(5-3-6)11(8,9)10/h4-16,18H,3,17H2,1-2H3;2-5H,1H3,(H,8,9,10). The maximum absolute atomic E-state index is 10.5. The summed E-state index contributed by atoms with van der Waals surface area (Å²) in [7, 11) is -4.02. The highest BCUT2D eigenvalue weighted by Crippen LogP contribution is 2.46. The summed E-state index contributed by atoms with van der Waals surface area (Å²) in [6.07, 6.45) is 1.01. The van der Waals surface area contributed by atoms with Crippen molar-refractivity contribution in [2.45, 2.75) is 32.1 Å². The van der Waals surface area contributed by atoms with Crippen LogP contribution in [0.3, 0.4) is 0 Å². The third-order valence-electron chi connectivity index (χ3n) is 7.24. The number of aryl methyl sites for hydroxylation is 1. The molecule has 0 aromatic heterocycles. The maximum Gasteiger partial charge on any atom is 0.294 e. The number of rotatable bonds is 5. The van der Waals surface area contributed by atoms with Crippen molar-refractivity contribution >= 4 is 10.1 Å². The van der Waals surface area contributed by atoms with Gasteiger partial charge in [0.1, 0.15) is 5.75 Å². The van der Waals surface area contributed by atoms with E-state index >= 15 is 0 Å². The summed E-state index contributed by atoms with van der Waals surface area (Å²) in [4.78, 5) is -0.0666. The van der Waals surface area contributed by atoms with Gasteiger partial charge in [-0.15, -0.1) is 0 Å². The lowest BCUT2D eigenvalue weighted by molar-refractivity contribution is 0.340. The van der Waals surface area contributed by atoms with Crippen molar-refractivity contribution < 1.29 is 17.7 Å². The molecule has 6 rings (SSSR count). The predicted octanol–water partition coefficient (Wildman–Crippen LogP) is 8.54. The Bertz CT molecular complexity index is 1740. The van der Waals surface area contributed by atoms with E-state index in [-0.39, 0.29) is 4.90 Å². The Morgan fingerprint density at radius 3 is 2.02 bits per heavy atom. The third-order valence-corrected chi connectivity index (χ3v) is 8.11. The van der Waals surface area contributed by atoms with Crippen LogP contribution in [0.4, 0.5) is 0 Å². The van der Waals surface area contributed by atoms with Crippen LogP contribution in [0.1, 0.15) is 29.2 Å². The van der Waals surface area contributed by atoms with Gasteiger partial charge in [0.25, 0.3) is 10.1 Å². The SMILES string of the molecule is CCOc1ccc(-c2cc3c(c(C)c2-c2ccccc2)Cc2ccccc2-3)cc1.Cc1ccc(S(=O)(=O)O)cc1. The minimum atomic E-state index is -4.02. The number of hydrogen-bond donors (Lipinski definition) is 1. The lowest BCUT2D eigenvalue weighted by atomic mass is 9.86. The zero-order valence-corrected chi connectivity index (χ0v) is 23.7. The molecule has 0 radical (unpaired) electrons. The molecule has 5 aromatic rings. The second-order valence-electron chi connectivity index (χ2n) is 9.90. The average molecular weight is 549 g/mol. The van der Waals surface area contributed by atoms with Crippen LogP contribution < -0.4 is 4.74 Å². The van der Waals surface area contributed by atoms with Crippen LogP contribution in [-0.2, 0) is 16.5 Å². The van der Waals surface area contributed by atoms with Gasteiger partial charge in [-0.25, -0.2) is 0 Å². The molecule has 1 N–H and O–H groups in total. The van der Waals surface area contributed by atoms with Crippen molar-refractivity contribution in [1.82, 2.24) is 0 Å². The van der Waals surface area contributed by atoms with Gasteiger partial charge >= 0.3 is 0 Å². The van der Waals surface area contributed by atoms with E-state index in [2.05, 4.69) is 91.9 Å². The van der Waals surface area contributed by atoms with E-state index in [1.165, 1.54) is 62.2 Å². The topological polar surface area (TPSA) is 63.6 Å². The predicted molar refractivity (Wildman–Crippen MR) is 162 cm³/mol. The van der Waals surface area contributed by atoms with Gasteiger partial charge in [0, 0.05) is 0 Å². The number of fused-ring (bicyclic) bond motifs is 3. The van der Waals surface area contributed by atoms with Gasteiger partial charge in [-0.05, 0) is 108 Å². The minimum absolute atomic E-state index is 0.0666. The van der Waals surface area contributed by atoms with E-state index in [1.54, 1.807) is 12.1 Å². The summed E-state index contributed by atoms with van der Waals surface area (Å²) >= 11 is 0. The highest BCUT2D eigenvalue weighted by molar-refractivity contribution is 7.85. The molecule has 0 atom stereocenters. The van der Waals surface area contributed by atoms with Gasteiger partial charge in [0.15, 0.2) is 0 Å². The van der Waals surface area contributed by atoms with Crippen molar-refractivity contribution in [1.29, 1.82) is 0 Å². The molecule has 0 amide bonds. The number of benzene rings is 5. The average Bonchev–Trinajstić information content (AvgIpc) is 3.33. The molecule has 0 heterocycles. The van der Waals surface area contributed by atoms with Crippen LogP contribution in [0.25, 0.3) is 33.4 Å². The molecule has 5 heteroatoms. The first-order valence-corrected chi connectivity index (χ1v) is 14.8. The second kappa shape index (κ2) is 11.5. The number of hydrogen-bond acceptors (Lipinski definition) is 3. The Morgan fingerprint density at radius 2 is 1.38 bits per heavy atom. The van der Waals surface area contributed by atoms with Gasteiger partial charge in [0.2, 0.25) is 0 Å². The lowest BCUT2D eigenvalue weighted by Gasteiger charge is -2.18. The normalized spacial score (nSPS) is 11.7. The van der Waals surface area contributed by atoms with E-state index in [0.717, 1.165) is 17.7 Å². The van der Waals surface area contributed by atoms with E-state index in [9.17, 15) is 8.42 Å². The molecule has 0 bridgehead atoms. The van der Waals surface area contributed by atoms with Gasteiger partial charge in [0.05, 0.1) is 11.5 Å². The monoisotopic (exact) mass is 548 g/mol. The fourth-order valence-corrected chi connectivity index (χ4v) is 5.75. The molecule has 4 nitrogen and oxygen atoms in total. The molecule has 1 aliphatic carbocycles. The van der Waals surface area contributed by atoms with Gasteiger partial charge < -0.3 is 4.74 Å². The van der Waals surface area contributed by atoms with Crippen molar-refractivity contribution in [2.75, 3.05) is 6.61 Å². The first kappa shape index (κ1) is 27.4. The van der Waals surface area contributed by atoms with Crippen molar-refractivity contribution in [3.05, 3.63) is 131 Å².